The molecule has 72 heavy (non-hydrogen) atoms. The van der Waals surface area contributed by atoms with E-state index in [1.165, 1.54) is 47.6 Å². The maximum Gasteiger partial charge on any atom is 0.487 e. The molecular formula is C34H47N12O22P3S. The van der Waals surface area contributed by atoms with Crippen molar-refractivity contribution in [1.82, 2.24) is 43.6 Å². The van der Waals surface area contributed by atoms with Crippen LogP contribution in [-0.2, 0) is 66.8 Å². The number of H-pyrrole nitrogens is 2. The molecule has 8 rings (SSSR count). The van der Waals surface area contributed by atoms with Crippen LogP contribution < -0.4 is 37.7 Å². The Bertz CT molecular complexity index is 3110. The van der Waals surface area contributed by atoms with Gasteiger partial charge in [-0.2, -0.15) is 4.31 Å². The molecule has 0 spiro atoms. The van der Waals surface area contributed by atoms with Crippen LogP contribution in [0, 0.1) is 5.92 Å². The minimum atomic E-state index is -6.11. The van der Waals surface area contributed by atoms with Crippen LogP contribution in [0.15, 0.2) is 45.6 Å². The molecule has 0 aromatic carbocycles. The summed E-state index contributed by atoms with van der Waals surface area (Å²) in [5, 5.41) is 31.6. The number of fused-ring (bicyclic) bond motifs is 2. The molecule has 5 aromatic heterocycles. The number of anilines is 2. The van der Waals surface area contributed by atoms with E-state index in [4.69, 9.17) is 48.9 Å². The lowest BCUT2D eigenvalue weighted by atomic mass is 9.99. The van der Waals surface area contributed by atoms with Crippen molar-refractivity contribution >= 4 is 69.3 Å². The molecule has 15 atom stereocenters. The third-order valence-corrected chi connectivity index (χ3v) is 16.9. The van der Waals surface area contributed by atoms with Gasteiger partial charge in [0.05, 0.1) is 63.2 Å². The summed E-state index contributed by atoms with van der Waals surface area (Å²) >= 11 is 0.981. The number of thioether (sulfide) groups is 1. The van der Waals surface area contributed by atoms with Crippen molar-refractivity contribution in [3.8, 4) is 0 Å². The summed E-state index contributed by atoms with van der Waals surface area (Å²) in [6.07, 6.45) is -8.32. The van der Waals surface area contributed by atoms with Crippen LogP contribution in [0.1, 0.15) is 18.7 Å². The molecule has 0 bridgehead atoms. The highest BCUT2D eigenvalue weighted by molar-refractivity contribution is 7.99. The average Bonchev–Trinajstić information content (AvgIpc) is 4.10. The van der Waals surface area contributed by atoms with Gasteiger partial charge in [0.15, 0.2) is 30.2 Å². The number of phosphoric acid groups is 3. The zero-order valence-electron chi connectivity index (χ0n) is 37.5. The fraction of sp³-hybridized carbons (Fsp3) is 0.588. The van der Waals surface area contributed by atoms with Gasteiger partial charge in [0, 0.05) is 32.4 Å². The first-order chi connectivity index (χ1) is 34.0. The molecule has 0 aliphatic carbocycles. The summed E-state index contributed by atoms with van der Waals surface area (Å²) in [5.41, 5.74) is 9.92. The predicted octanol–water partition coefficient (Wildman–Crippen LogP) is -4.03. The molecule has 11 N–H and O–H groups in total. The monoisotopic (exact) mass is 1100 g/mol. The van der Waals surface area contributed by atoms with E-state index in [-0.39, 0.29) is 53.2 Å². The van der Waals surface area contributed by atoms with Crippen LogP contribution in [0.2, 0.25) is 0 Å². The topological polar surface area (TPSA) is 473 Å². The molecule has 3 fully saturated rings. The Morgan fingerprint density at radius 1 is 0.875 bits per heavy atom. The standard InChI is InChI=1S/C34H47N12O22P3S/c1-43-12-46(28-20(43)29(51)42-33(36)41-28)30-21(48)14(6-59-2)15(64-30)8-62-69(53,54)67-71(57,58)68-70(55,56)63-9-17-25(24(60-3)32(66-17)45-11-39-19-26(35)37-10-38-27(19)45)72-13-61-7-16-22(49)23(50)31(65-16)44-5-4-18(47)40-34(44)52/h4-5,10-12,14-17,21-25,30-32,48-50H,6-9,13H2,1-3H3,(H8-,35,36,37,38,40,41,42,47,51,52,53,54,55,56,57,58)/t14-,15-,16-,17?,21-,22-,23-,24-,25-,30-,31-,32-/m1/s1. The quantitative estimate of drug-likeness (QED) is 0.0146. The number of aromatic amines is 2. The lowest BCUT2D eigenvalue weighted by Crippen LogP contribution is -2.45. The second kappa shape index (κ2) is 21.4. The number of hydrogen-bond acceptors (Lipinski definition) is 27. The van der Waals surface area contributed by atoms with Gasteiger partial charge in [0.25, 0.3) is 24.9 Å². The highest BCUT2D eigenvalue weighted by Gasteiger charge is 2.51. The van der Waals surface area contributed by atoms with Gasteiger partial charge in [-0.3, -0.25) is 42.3 Å². The summed E-state index contributed by atoms with van der Waals surface area (Å²) in [5.74, 6) is -1.50. The fourth-order valence-corrected chi connectivity index (χ4v) is 12.9. The van der Waals surface area contributed by atoms with Crippen LogP contribution in [-0.4, -0.2) is 163 Å². The lowest BCUT2D eigenvalue weighted by molar-refractivity contribution is -0.745. The van der Waals surface area contributed by atoms with Crippen molar-refractivity contribution in [2.24, 2.45) is 13.0 Å². The van der Waals surface area contributed by atoms with Crippen LogP contribution in [0.3, 0.4) is 0 Å². The van der Waals surface area contributed by atoms with Gasteiger partial charge in [-0.1, -0.05) is 4.98 Å². The SMILES string of the molecule is COC[C@H]1[C@@H](O)[C@H]([n+]2cn(C)c3c(=O)[nH]c(N)nc32)O[C@@H]1COP(=O)([O-])OP(=O)(O)OP(=O)(O)OCC1O[C@@H](n2cnc3c(N)ncnc32)[C@H](OC)[C@@H]1SCOC[C@H]1O[C@@H](n2ccc(=O)[nH]c2=O)[C@H](O)[C@@H]1O. The molecule has 3 aliphatic heterocycles. The third kappa shape index (κ3) is 11.3. The minimum absolute atomic E-state index is 0.00348. The number of nitrogens with zero attached hydrogens (tertiary/aromatic N) is 8. The summed E-state index contributed by atoms with van der Waals surface area (Å²) in [4.78, 5) is 91.2. The predicted molar refractivity (Wildman–Crippen MR) is 236 cm³/mol. The molecule has 38 heteroatoms. The van der Waals surface area contributed by atoms with Gasteiger partial charge in [-0.05, 0) is 0 Å². The normalized spacial score (nSPS) is 30.2. The fourth-order valence-electron chi connectivity index (χ4n) is 8.28. The van der Waals surface area contributed by atoms with E-state index in [1.54, 1.807) is 0 Å². The highest BCUT2D eigenvalue weighted by atomic mass is 32.2. The Hall–Kier alpha value is -4.42. The summed E-state index contributed by atoms with van der Waals surface area (Å²) in [7, 11) is -13.7. The number of phosphoric ester groups is 2. The third-order valence-electron chi connectivity index (χ3n) is 11.5. The average molecular weight is 1100 g/mol. The number of nitrogens with two attached hydrogens (primary N) is 2. The van der Waals surface area contributed by atoms with E-state index >= 15 is 0 Å². The number of hydrogen-bond donors (Lipinski definition) is 9. The van der Waals surface area contributed by atoms with Gasteiger partial charge >= 0.3 is 27.0 Å². The van der Waals surface area contributed by atoms with Crippen molar-refractivity contribution in [1.29, 1.82) is 0 Å². The van der Waals surface area contributed by atoms with Crippen molar-refractivity contribution in [2.75, 3.05) is 58.1 Å². The largest absolute Gasteiger partial charge is 0.756 e. The molecule has 3 aliphatic rings. The van der Waals surface area contributed by atoms with E-state index in [0.717, 1.165) is 34.9 Å². The Morgan fingerprint density at radius 2 is 1.61 bits per heavy atom. The van der Waals surface area contributed by atoms with Gasteiger partial charge in [-0.25, -0.2) is 37.8 Å². The smallest absolute Gasteiger partial charge is 0.487 e. The Balaban J connectivity index is 0.911. The van der Waals surface area contributed by atoms with Gasteiger partial charge in [-0.15, -0.1) is 11.8 Å². The van der Waals surface area contributed by atoms with Crippen LogP contribution in [0.5, 0.6) is 0 Å². The Kier molecular flexibility index (Phi) is 16.0. The highest BCUT2D eigenvalue weighted by Crippen LogP contribution is 2.67. The van der Waals surface area contributed by atoms with Crippen molar-refractivity contribution in [3.63, 3.8) is 0 Å². The van der Waals surface area contributed by atoms with Crippen LogP contribution >= 0.6 is 35.2 Å². The number of aromatic nitrogens is 10. The van der Waals surface area contributed by atoms with E-state index < -0.39 is 126 Å². The zero-order chi connectivity index (χ0) is 52.0. The summed E-state index contributed by atoms with van der Waals surface area (Å²) in [6.45, 7) is -2.48. The maximum atomic E-state index is 13.2. The molecule has 396 valence electrons. The molecule has 0 saturated carbocycles. The molecule has 34 nitrogen and oxygen atoms in total. The van der Waals surface area contributed by atoms with Gasteiger partial charge in [0.1, 0.15) is 42.4 Å². The lowest BCUT2D eigenvalue weighted by Gasteiger charge is -2.27. The number of aliphatic hydroxyl groups is 3. The number of rotatable bonds is 21. The molecular weight excluding hydrogens is 1050 g/mol. The van der Waals surface area contributed by atoms with E-state index in [1.807, 2.05) is 4.98 Å². The molecule has 4 unspecified atom stereocenters. The summed E-state index contributed by atoms with van der Waals surface area (Å²) in [6, 6.07) is 1.02. The first-order valence-corrected chi connectivity index (χ1v) is 26.4. The Labute approximate surface area is 406 Å². The number of aryl methyl sites for hydroxylation is 1. The second-order valence-electron chi connectivity index (χ2n) is 16.1. The zero-order valence-corrected chi connectivity index (χ0v) is 41.0. The van der Waals surface area contributed by atoms with Crippen molar-refractivity contribution in [3.05, 3.63) is 62.4 Å². The number of methoxy groups -OCH3 is 2. The number of ether oxygens (including phenoxy) is 6. The van der Waals surface area contributed by atoms with Gasteiger partial charge < -0.3 is 74.4 Å². The second-order valence-corrected chi connectivity index (χ2v) is 21.8. The molecule has 3 saturated heterocycles. The first kappa shape index (κ1) is 53.9. The van der Waals surface area contributed by atoms with E-state index in [0.29, 0.717) is 0 Å². The molecule has 0 amide bonds. The number of nitrogen functional groups attached to an aromatic ring is 2. The molecule has 5 aromatic rings. The number of imidazole rings is 2. The van der Waals surface area contributed by atoms with E-state index in [9.17, 15) is 58.1 Å². The van der Waals surface area contributed by atoms with Crippen molar-refractivity contribution in [2.45, 2.75) is 66.7 Å². The van der Waals surface area contributed by atoms with Crippen molar-refractivity contribution < 1.29 is 94.4 Å². The maximum absolute atomic E-state index is 13.2. The number of aliphatic hydroxyl groups excluding tert-OH is 3. The van der Waals surface area contributed by atoms with Crippen LogP contribution in [0.25, 0.3) is 22.3 Å². The van der Waals surface area contributed by atoms with E-state index in [2.05, 4.69) is 33.5 Å². The summed E-state index contributed by atoms with van der Waals surface area (Å²) < 4.78 is 97.0. The Morgan fingerprint density at radius 3 is 2.33 bits per heavy atom. The number of nitrogens with one attached hydrogen (secondary N) is 2. The van der Waals surface area contributed by atoms with Gasteiger partial charge in [0.2, 0.25) is 11.7 Å². The molecule has 0 radical (unpaired) electrons. The van der Waals surface area contributed by atoms with Crippen LogP contribution in [0.4, 0.5) is 11.8 Å². The minimum Gasteiger partial charge on any atom is -0.756 e. The molecule has 8 heterocycles. The first-order valence-electron chi connectivity index (χ1n) is 20.9.